The Bertz CT molecular complexity index is 1340. The van der Waals surface area contributed by atoms with Crippen LogP contribution in [0.1, 0.15) is 24.0 Å². The molecule has 3 aromatic heterocycles. The molecular formula is C25H23N5O4S. The van der Waals surface area contributed by atoms with E-state index in [4.69, 9.17) is 13.6 Å². The molecule has 1 amide bonds. The van der Waals surface area contributed by atoms with Gasteiger partial charge in [0.15, 0.2) is 11.0 Å². The van der Waals surface area contributed by atoms with Gasteiger partial charge in [0.25, 0.3) is 5.91 Å². The number of carbonyl (C=O) groups excluding carboxylic acids is 1. The van der Waals surface area contributed by atoms with Crippen LogP contribution in [0.2, 0.25) is 0 Å². The van der Waals surface area contributed by atoms with Gasteiger partial charge in [-0.1, -0.05) is 30.0 Å². The van der Waals surface area contributed by atoms with Gasteiger partial charge in [-0.2, -0.15) is 5.10 Å². The molecule has 1 aliphatic rings. The number of nitrogens with zero attached hydrogens (tertiary/aromatic N) is 5. The number of aromatic nitrogens is 3. The molecule has 9 nitrogen and oxygen atoms in total. The van der Waals surface area contributed by atoms with Crippen molar-refractivity contribution in [3.63, 3.8) is 0 Å². The Hall–Kier alpha value is -4.05. The van der Waals surface area contributed by atoms with Gasteiger partial charge in [0, 0.05) is 13.0 Å². The van der Waals surface area contributed by atoms with E-state index < -0.39 is 0 Å². The topological polar surface area (TPSA) is 98.9 Å². The van der Waals surface area contributed by atoms with Gasteiger partial charge in [0.2, 0.25) is 0 Å². The molecule has 1 unspecified atom stereocenters. The van der Waals surface area contributed by atoms with Gasteiger partial charge in [0.05, 0.1) is 31.0 Å². The summed E-state index contributed by atoms with van der Waals surface area (Å²) in [7, 11) is 1.62. The standard InChI is InChI=1S/C25H23N5O4S/c1-3-12-29-24(17-8-4-5-9-20(17)32-2)26-27-25(29)35-16-23(31)30-19(22-11-7-14-34-22)15-18(28-30)21-10-6-13-33-21/h3-11,13-14,19H,1,12,15-16H2,2H3. The quantitative estimate of drug-likeness (QED) is 0.246. The molecular weight excluding hydrogens is 466 g/mol. The number of hydrogen-bond donors (Lipinski definition) is 0. The molecule has 178 valence electrons. The van der Waals surface area contributed by atoms with E-state index >= 15 is 0 Å². The smallest absolute Gasteiger partial charge is 0.253 e. The maximum absolute atomic E-state index is 13.3. The summed E-state index contributed by atoms with van der Waals surface area (Å²) in [6, 6.07) is 14.5. The predicted octanol–water partition coefficient (Wildman–Crippen LogP) is 4.80. The van der Waals surface area contributed by atoms with Crippen molar-refractivity contribution in [3.8, 4) is 17.1 Å². The predicted molar refractivity (Wildman–Crippen MR) is 131 cm³/mol. The van der Waals surface area contributed by atoms with Gasteiger partial charge in [-0.25, -0.2) is 5.01 Å². The molecule has 0 N–H and O–H groups in total. The number of carbonyl (C=O) groups is 1. The number of benzene rings is 1. The van der Waals surface area contributed by atoms with E-state index in [1.165, 1.54) is 16.8 Å². The zero-order valence-corrected chi connectivity index (χ0v) is 19.9. The van der Waals surface area contributed by atoms with E-state index in [0.29, 0.717) is 46.9 Å². The number of thioether (sulfide) groups is 1. The van der Waals surface area contributed by atoms with Crippen LogP contribution in [0.5, 0.6) is 5.75 Å². The molecule has 0 fully saturated rings. The second kappa shape index (κ2) is 10.1. The zero-order chi connectivity index (χ0) is 24.2. The Kier molecular flexibility index (Phi) is 6.53. The number of furan rings is 2. The summed E-state index contributed by atoms with van der Waals surface area (Å²) in [4.78, 5) is 13.3. The number of ether oxygens (including phenoxy) is 1. The second-order valence-corrected chi connectivity index (χ2v) is 8.63. The van der Waals surface area contributed by atoms with Crippen LogP contribution in [0.15, 0.2) is 92.8 Å². The molecule has 10 heteroatoms. The number of allylic oxidation sites excluding steroid dienone is 1. The summed E-state index contributed by atoms with van der Waals surface area (Å²) >= 11 is 1.30. The average Bonchev–Trinajstić information content (AvgIpc) is 3.68. The molecule has 0 saturated carbocycles. The number of methoxy groups -OCH3 is 1. The second-order valence-electron chi connectivity index (χ2n) is 7.69. The Morgan fingerprint density at radius 3 is 2.74 bits per heavy atom. The number of hydrogen-bond acceptors (Lipinski definition) is 8. The van der Waals surface area contributed by atoms with Crippen molar-refractivity contribution >= 4 is 23.4 Å². The summed E-state index contributed by atoms with van der Waals surface area (Å²) in [6.07, 6.45) is 5.45. The lowest BCUT2D eigenvalue weighted by molar-refractivity contribution is -0.130. The van der Waals surface area contributed by atoms with Crippen molar-refractivity contribution < 1.29 is 18.4 Å². The summed E-state index contributed by atoms with van der Waals surface area (Å²) in [5.41, 5.74) is 1.51. The molecule has 4 heterocycles. The molecule has 0 spiro atoms. The average molecular weight is 490 g/mol. The Morgan fingerprint density at radius 1 is 1.17 bits per heavy atom. The third kappa shape index (κ3) is 4.52. The van der Waals surface area contributed by atoms with Crippen LogP contribution in [-0.4, -0.2) is 44.3 Å². The molecule has 0 radical (unpaired) electrons. The molecule has 1 aliphatic heterocycles. The van der Waals surface area contributed by atoms with E-state index in [0.717, 1.165) is 5.56 Å². The first-order chi connectivity index (χ1) is 17.2. The normalized spacial score (nSPS) is 15.3. The molecule has 4 aromatic rings. The Labute approximate surface area is 206 Å². The molecule has 0 bridgehead atoms. The Balaban J connectivity index is 1.38. The number of para-hydroxylation sites is 1. The van der Waals surface area contributed by atoms with Gasteiger partial charge in [0.1, 0.15) is 29.0 Å². The van der Waals surface area contributed by atoms with Crippen LogP contribution in [0.25, 0.3) is 11.4 Å². The van der Waals surface area contributed by atoms with E-state index in [9.17, 15) is 4.79 Å². The fourth-order valence-electron chi connectivity index (χ4n) is 3.94. The lowest BCUT2D eigenvalue weighted by atomic mass is 10.1. The minimum Gasteiger partial charge on any atom is -0.496 e. The van der Waals surface area contributed by atoms with Gasteiger partial charge >= 0.3 is 0 Å². The van der Waals surface area contributed by atoms with Crippen LogP contribution in [0.4, 0.5) is 0 Å². The molecule has 0 saturated heterocycles. The summed E-state index contributed by atoms with van der Waals surface area (Å²) < 4.78 is 18.5. The van der Waals surface area contributed by atoms with Gasteiger partial charge < -0.3 is 13.6 Å². The fraction of sp³-hybridized carbons (Fsp3) is 0.200. The van der Waals surface area contributed by atoms with E-state index in [-0.39, 0.29) is 17.7 Å². The lowest BCUT2D eigenvalue weighted by Crippen LogP contribution is -2.28. The minimum absolute atomic E-state index is 0.118. The molecule has 1 atom stereocenters. The molecule has 0 aliphatic carbocycles. The third-order valence-corrected chi connectivity index (χ3v) is 6.50. The molecule has 35 heavy (non-hydrogen) atoms. The molecule has 1 aromatic carbocycles. The van der Waals surface area contributed by atoms with Crippen LogP contribution < -0.4 is 4.74 Å². The highest BCUT2D eigenvalue weighted by Gasteiger charge is 2.35. The summed E-state index contributed by atoms with van der Waals surface area (Å²) in [5.74, 6) is 2.58. The van der Waals surface area contributed by atoms with Crippen molar-refractivity contribution in [3.05, 3.63) is 85.2 Å². The van der Waals surface area contributed by atoms with Crippen LogP contribution in [-0.2, 0) is 11.3 Å². The highest BCUT2D eigenvalue weighted by molar-refractivity contribution is 7.99. The highest BCUT2D eigenvalue weighted by Crippen LogP contribution is 2.35. The minimum atomic E-state index is -0.339. The lowest BCUT2D eigenvalue weighted by Gasteiger charge is -2.19. The van der Waals surface area contributed by atoms with Crippen molar-refractivity contribution in [1.82, 2.24) is 19.8 Å². The van der Waals surface area contributed by atoms with E-state index in [1.54, 1.807) is 37.8 Å². The largest absolute Gasteiger partial charge is 0.496 e. The number of hydrazone groups is 1. The SMILES string of the molecule is C=CCn1c(SCC(=O)N2N=C(c3ccco3)CC2c2ccco2)nnc1-c1ccccc1OC. The van der Waals surface area contributed by atoms with Gasteiger partial charge in [-0.3, -0.25) is 9.36 Å². The van der Waals surface area contributed by atoms with Crippen LogP contribution >= 0.6 is 11.8 Å². The van der Waals surface area contributed by atoms with E-state index in [1.807, 2.05) is 41.0 Å². The molecule has 5 rings (SSSR count). The van der Waals surface area contributed by atoms with Crippen molar-refractivity contribution in [2.24, 2.45) is 5.10 Å². The zero-order valence-electron chi connectivity index (χ0n) is 19.0. The first-order valence-electron chi connectivity index (χ1n) is 11.0. The highest BCUT2D eigenvalue weighted by atomic mass is 32.2. The first-order valence-corrected chi connectivity index (χ1v) is 11.9. The Morgan fingerprint density at radius 2 is 2.00 bits per heavy atom. The van der Waals surface area contributed by atoms with Crippen molar-refractivity contribution in [2.45, 2.75) is 24.2 Å². The van der Waals surface area contributed by atoms with Gasteiger partial charge in [-0.15, -0.1) is 16.8 Å². The summed E-state index contributed by atoms with van der Waals surface area (Å²) in [5, 5.41) is 15.4. The number of rotatable bonds is 9. The van der Waals surface area contributed by atoms with E-state index in [2.05, 4.69) is 21.9 Å². The monoisotopic (exact) mass is 489 g/mol. The third-order valence-electron chi connectivity index (χ3n) is 5.54. The maximum atomic E-state index is 13.3. The summed E-state index contributed by atoms with van der Waals surface area (Å²) in [6.45, 7) is 4.34. The van der Waals surface area contributed by atoms with Crippen molar-refractivity contribution in [2.75, 3.05) is 12.9 Å². The number of amides is 1. The van der Waals surface area contributed by atoms with Crippen molar-refractivity contribution in [1.29, 1.82) is 0 Å². The fourth-order valence-corrected chi connectivity index (χ4v) is 4.74. The maximum Gasteiger partial charge on any atom is 0.253 e. The van der Waals surface area contributed by atoms with Crippen LogP contribution in [0.3, 0.4) is 0 Å². The van der Waals surface area contributed by atoms with Crippen LogP contribution in [0, 0.1) is 0 Å². The first kappa shape index (κ1) is 22.7. The van der Waals surface area contributed by atoms with Gasteiger partial charge in [-0.05, 0) is 36.4 Å².